The zero-order valence-corrected chi connectivity index (χ0v) is 13.6. The zero-order valence-electron chi connectivity index (χ0n) is 11.5. The summed E-state index contributed by atoms with van der Waals surface area (Å²) in [5.74, 6) is 0.863. The van der Waals surface area contributed by atoms with Crippen molar-refractivity contribution in [1.29, 1.82) is 0 Å². The fraction of sp³-hybridized carbons (Fsp3) is 0.375. The van der Waals surface area contributed by atoms with E-state index >= 15 is 0 Å². The van der Waals surface area contributed by atoms with E-state index in [4.69, 9.17) is 4.74 Å². The topological polar surface area (TPSA) is 29.5 Å². The van der Waals surface area contributed by atoms with Crippen molar-refractivity contribution in [2.24, 2.45) is 0 Å². The van der Waals surface area contributed by atoms with E-state index in [0.29, 0.717) is 6.61 Å². The quantitative estimate of drug-likeness (QED) is 0.828. The molecule has 19 heavy (non-hydrogen) atoms. The van der Waals surface area contributed by atoms with Crippen LogP contribution < -0.4 is 4.74 Å². The molecule has 0 amide bonds. The van der Waals surface area contributed by atoms with Crippen molar-refractivity contribution >= 4 is 26.5 Å². The van der Waals surface area contributed by atoms with Gasteiger partial charge in [0.05, 0.1) is 0 Å². The number of hydrogen-bond acceptors (Lipinski definition) is 2. The van der Waals surface area contributed by atoms with Gasteiger partial charge in [0.15, 0.2) is 0 Å². The van der Waals surface area contributed by atoms with E-state index in [1.807, 2.05) is 24.3 Å². The third-order valence-corrected chi connectivity index (χ3v) is 6.14. The molecule has 0 spiro atoms. The van der Waals surface area contributed by atoms with Crippen LogP contribution in [0.3, 0.4) is 0 Å². The number of rotatable bonds is 6. The maximum absolute atomic E-state index is 9.94. The van der Waals surface area contributed by atoms with Crippen molar-refractivity contribution in [3.05, 3.63) is 42.5 Å². The summed E-state index contributed by atoms with van der Waals surface area (Å²) in [5.41, 5.74) is 0. The van der Waals surface area contributed by atoms with E-state index in [2.05, 4.69) is 32.0 Å². The predicted molar refractivity (Wildman–Crippen MR) is 82.5 cm³/mol. The van der Waals surface area contributed by atoms with Gasteiger partial charge < -0.3 is 0 Å². The molecule has 2 nitrogen and oxygen atoms in total. The van der Waals surface area contributed by atoms with Crippen LogP contribution in [0.5, 0.6) is 5.75 Å². The first-order valence-corrected chi connectivity index (χ1v) is 9.38. The van der Waals surface area contributed by atoms with Gasteiger partial charge in [-0.1, -0.05) is 0 Å². The van der Waals surface area contributed by atoms with Gasteiger partial charge in [-0.05, 0) is 0 Å². The van der Waals surface area contributed by atoms with Crippen LogP contribution in [-0.2, 0) is 0 Å². The monoisotopic (exact) mass is 320 g/mol. The van der Waals surface area contributed by atoms with Gasteiger partial charge in [0.1, 0.15) is 0 Å². The van der Waals surface area contributed by atoms with Crippen LogP contribution >= 0.6 is 0 Å². The second kappa shape index (κ2) is 6.98. The third-order valence-electron chi connectivity index (χ3n) is 2.94. The van der Waals surface area contributed by atoms with E-state index in [1.54, 1.807) is 0 Å². The van der Waals surface area contributed by atoms with Crippen LogP contribution in [0, 0.1) is 0 Å². The Kier molecular flexibility index (Phi) is 5.30. The normalized spacial score (nSPS) is 13.5. The Morgan fingerprint density at radius 3 is 2.63 bits per heavy atom. The molecule has 0 bridgehead atoms. The molecule has 0 saturated heterocycles. The van der Waals surface area contributed by atoms with Gasteiger partial charge in [-0.15, -0.1) is 0 Å². The number of aliphatic hydroxyl groups excluding tert-OH is 1. The molecule has 0 saturated carbocycles. The summed E-state index contributed by atoms with van der Waals surface area (Å²) in [6.07, 6.45) is -0.332. The Bertz CT molecular complexity index is 520. The Balaban J connectivity index is 1.98. The van der Waals surface area contributed by atoms with Gasteiger partial charge in [0.2, 0.25) is 0 Å². The molecule has 2 aromatic carbocycles. The molecular weight excluding hydrogens is 299 g/mol. The van der Waals surface area contributed by atoms with Crippen molar-refractivity contribution in [2.75, 3.05) is 6.61 Å². The predicted octanol–water partition coefficient (Wildman–Crippen LogP) is 3.26. The first kappa shape index (κ1) is 14.4. The molecule has 0 aromatic heterocycles. The molecule has 102 valence electrons. The van der Waals surface area contributed by atoms with Crippen LogP contribution in [-0.4, -0.2) is 33.6 Å². The molecule has 2 atom stereocenters. The SMILES string of the molecule is CC(C)[AsH]CC(O)COc1cccc2ccccc12. The molecular formula is C16H21AsO2. The number of ether oxygens (including phenoxy) is 1. The Morgan fingerprint density at radius 1 is 1.11 bits per heavy atom. The summed E-state index contributed by atoms with van der Waals surface area (Å²) in [6.45, 7) is 4.83. The maximum atomic E-state index is 9.94. The van der Waals surface area contributed by atoms with Crippen LogP contribution in [0.2, 0.25) is 9.91 Å². The fourth-order valence-corrected chi connectivity index (χ4v) is 3.75. The van der Waals surface area contributed by atoms with Crippen molar-refractivity contribution in [2.45, 2.75) is 29.9 Å². The molecule has 3 heteroatoms. The fourth-order valence-electron chi connectivity index (χ4n) is 1.94. The Morgan fingerprint density at radius 2 is 1.84 bits per heavy atom. The van der Waals surface area contributed by atoms with Gasteiger partial charge >= 0.3 is 121 Å². The average Bonchev–Trinajstić information content (AvgIpc) is 2.42. The van der Waals surface area contributed by atoms with Gasteiger partial charge in [-0.3, -0.25) is 0 Å². The van der Waals surface area contributed by atoms with E-state index in [-0.39, 0.29) is 21.9 Å². The third kappa shape index (κ3) is 4.26. The second-order valence-electron chi connectivity index (χ2n) is 5.01. The summed E-state index contributed by atoms with van der Waals surface area (Å²) in [5, 5.41) is 13.1. The van der Waals surface area contributed by atoms with E-state index in [0.717, 1.165) is 21.0 Å². The van der Waals surface area contributed by atoms with Crippen LogP contribution in [0.1, 0.15) is 13.8 Å². The van der Waals surface area contributed by atoms with Crippen LogP contribution in [0.25, 0.3) is 10.8 Å². The zero-order chi connectivity index (χ0) is 13.7. The Hall–Kier alpha value is -0.982. The summed E-state index contributed by atoms with van der Waals surface area (Å²) in [7, 11) is 0. The standard InChI is InChI=1S/C16H21AsO2/c1-12(2)17-10-14(18)11-19-16-9-5-7-13-6-3-4-8-15(13)16/h3-9,12,14,17-18H,10-11H2,1-2H3. The minimum absolute atomic E-state index is 0.0526. The van der Waals surface area contributed by atoms with Crippen molar-refractivity contribution in [3.8, 4) is 5.75 Å². The summed E-state index contributed by atoms with van der Waals surface area (Å²) in [4.78, 5) is 0. The van der Waals surface area contributed by atoms with E-state index < -0.39 is 0 Å². The molecule has 2 unspecified atom stereocenters. The van der Waals surface area contributed by atoms with Gasteiger partial charge in [0.25, 0.3) is 0 Å². The molecule has 2 aromatic rings. The van der Waals surface area contributed by atoms with Crippen molar-refractivity contribution in [1.82, 2.24) is 0 Å². The number of aliphatic hydroxyl groups is 1. The van der Waals surface area contributed by atoms with Crippen LogP contribution in [0.15, 0.2) is 42.5 Å². The summed E-state index contributed by atoms with van der Waals surface area (Å²) < 4.78 is 6.53. The van der Waals surface area contributed by atoms with Gasteiger partial charge in [0, 0.05) is 0 Å². The molecule has 1 N–H and O–H groups in total. The molecule has 0 heterocycles. The molecule has 0 aliphatic rings. The van der Waals surface area contributed by atoms with E-state index in [9.17, 15) is 5.11 Å². The number of benzene rings is 2. The molecule has 0 aliphatic carbocycles. The van der Waals surface area contributed by atoms with Crippen LogP contribution in [0.4, 0.5) is 0 Å². The second-order valence-corrected chi connectivity index (χ2v) is 9.14. The first-order valence-electron chi connectivity index (χ1n) is 6.69. The molecule has 0 radical (unpaired) electrons. The first-order chi connectivity index (χ1) is 9.16. The number of hydrogen-bond donors (Lipinski definition) is 1. The van der Waals surface area contributed by atoms with Gasteiger partial charge in [-0.25, -0.2) is 0 Å². The number of fused-ring (bicyclic) bond motifs is 1. The van der Waals surface area contributed by atoms with Gasteiger partial charge in [-0.2, -0.15) is 0 Å². The summed E-state index contributed by atoms with van der Waals surface area (Å²) >= 11 is -0.0526. The molecule has 0 aliphatic heterocycles. The summed E-state index contributed by atoms with van der Waals surface area (Å²) in [6, 6.07) is 14.2. The molecule has 0 fully saturated rings. The minimum atomic E-state index is -0.332. The average molecular weight is 320 g/mol. The van der Waals surface area contributed by atoms with E-state index in [1.165, 1.54) is 5.39 Å². The molecule has 2 rings (SSSR count). The van der Waals surface area contributed by atoms with Crippen molar-refractivity contribution in [3.63, 3.8) is 0 Å². The Labute approximate surface area is 121 Å². The van der Waals surface area contributed by atoms with Crippen molar-refractivity contribution < 1.29 is 9.84 Å².